The Morgan fingerprint density at radius 1 is 1.24 bits per heavy atom. The summed E-state index contributed by atoms with van der Waals surface area (Å²) in [6.07, 6.45) is 1.65. The summed E-state index contributed by atoms with van der Waals surface area (Å²) in [6.45, 7) is 1.50. The maximum atomic E-state index is 13.1. The molecule has 2 aromatic heterocycles. The van der Waals surface area contributed by atoms with Gasteiger partial charge >= 0.3 is 0 Å². The van der Waals surface area contributed by atoms with Crippen LogP contribution in [0.4, 0.5) is 8.78 Å². The van der Waals surface area contributed by atoms with Crippen LogP contribution in [0, 0.1) is 0 Å². The predicted octanol–water partition coefficient (Wildman–Crippen LogP) is 3.61. The minimum Gasteiger partial charge on any atom is -0.237 e. The van der Waals surface area contributed by atoms with Crippen LogP contribution in [0.2, 0.25) is 0 Å². The van der Waals surface area contributed by atoms with Crippen LogP contribution in [-0.2, 0) is 6.42 Å². The number of pyridine rings is 2. The average Bonchev–Trinajstić information content (AvgIpc) is 2.36. The van der Waals surface area contributed by atoms with Gasteiger partial charge in [0, 0.05) is 30.1 Å². The Kier molecular flexibility index (Phi) is 3.31. The summed E-state index contributed by atoms with van der Waals surface area (Å²) in [5, 5.41) is 0.929. The number of aromatic nitrogens is 2. The molecule has 0 fully saturated rings. The fourth-order valence-electron chi connectivity index (χ4n) is 1.62. The molecule has 0 radical (unpaired) electrons. The van der Waals surface area contributed by atoms with Crippen LogP contribution in [0.15, 0.2) is 30.5 Å². The lowest BCUT2D eigenvalue weighted by molar-refractivity contribution is -0.0112. The molecule has 2 aromatic rings. The Balaban J connectivity index is 2.14. The van der Waals surface area contributed by atoms with Crippen LogP contribution in [0.3, 0.4) is 0 Å². The molecule has 0 aromatic carbocycles. The molecule has 0 amide bonds. The third kappa shape index (κ3) is 2.96. The van der Waals surface area contributed by atoms with Crippen LogP contribution < -0.4 is 0 Å². The summed E-state index contributed by atoms with van der Waals surface area (Å²) in [7, 11) is 0. The fourth-order valence-corrected chi connectivity index (χ4v) is 1.62. The Bertz CT molecular complexity index is 512. The molecule has 4 heteroatoms. The highest BCUT2D eigenvalue weighted by Crippen LogP contribution is 2.24. The van der Waals surface area contributed by atoms with Gasteiger partial charge in [-0.25, -0.2) is 18.7 Å². The van der Waals surface area contributed by atoms with Crippen molar-refractivity contribution >= 4 is 11.0 Å². The quantitative estimate of drug-likeness (QED) is 0.810. The Hall–Kier alpha value is -1.58. The van der Waals surface area contributed by atoms with E-state index >= 15 is 0 Å². The summed E-state index contributed by atoms with van der Waals surface area (Å²) in [5.41, 5.74) is 1.29. The Morgan fingerprint density at radius 3 is 2.82 bits per heavy atom. The molecule has 17 heavy (non-hydrogen) atoms. The van der Waals surface area contributed by atoms with Gasteiger partial charge in [-0.1, -0.05) is 6.92 Å². The Labute approximate surface area is 98.7 Å². The first-order valence-electron chi connectivity index (χ1n) is 5.69. The van der Waals surface area contributed by atoms with Crippen LogP contribution in [0.5, 0.6) is 0 Å². The molecular formula is C13H14F2N2. The third-order valence-electron chi connectivity index (χ3n) is 2.79. The summed E-state index contributed by atoms with van der Waals surface area (Å²) in [4.78, 5) is 8.38. The lowest BCUT2D eigenvalue weighted by atomic mass is 10.1. The second-order valence-electron chi connectivity index (χ2n) is 4.06. The minimum atomic E-state index is -2.60. The molecule has 0 aliphatic heterocycles. The van der Waals surface area contributed by atoms with Crippen molar-refractivity contribution < 1.29 is 8.78 Å². The van der Waals surface area contributed by atoms with Crippen molar-refractivity contribution in [3.63, 3.8) is 0 Å². The first kappa shape index (κ1) is 11.9. The van der Waals surface area contributed by atoms with Crippen molar-refractivity contribution in [2.75, 3.05) is 0 Å². The molecule has 0 saturated carbocycles. The maximum Gasteiger partial charge on any atom is 0.248 e. The van der Waals surface area contributed by atoms with Crippen molar-refractivity contribution in [2.24, 2.45) is 0 Å². The van der Waals surface area contributed by atoms with E-state index in [4.69, 9.17) is 0 Å². The van der Waals surface area contributed by atoms with Crippen LogP contribution in [-0.4, -0.2) is 15.9 Å². The zero-order valence-electron chi connectivity index (χ0n) is 9.66. The summed E-state index contributed by atoms with van der Waals surface area (Å²) >= 11 is 0. The van der Waals surface area contributed by atoms with Crippen LogP contribution >= 0.6 is 0 Å². The van der Waals surface area contributed by atoms with Gasteiger partial charge in [0.2, 0.25) is 5.92 Å². The summed E-state index contributed by atoms with van der Waals surface area (Å²) < 4.78 is 26.2. The van der Waals surface area contributed by atoms with Gasteiger partial charge in [0.25, 0.3) is 0 Å². The van der Waals surface area contributed by atoms with E-state index in [0.29, 0.717) is 11.3 Å². The summed E-state index contributed by atoms with van der Waals surface area (Å²) in [6, 6.07) is 7.39. The third-order valence-corrected chi connectivity index (χ3v) is 2.79. The molecule has 2 heterocycles. The van der Waals surface area contributed by atoms with Gasteiger partial charge in [-0.2, -0.15) is 0 Å². The molecule has 0 bridgehead atoms. The summed E-state index contributed by atoms with van der Waals surface area (Å²) in [5.74, 6) is -2.60. The normalized spacial score (nSPS) is 11.9. The highest BCUT2D eigenvalue weighted by Gasteiger charge is 2.25. The van der Waals surface area contributed by atoms with E-state index < -0.39 is 5.92 Å². The first-order chi connectivity index (χ1) is 8.11. The number of halogens is 2. The van der Waals surface area contributed by atoms with Crippen LogP contribution in [0.25, 0.3) is 11.0 Å². The minimum absolute atomic E-state index is 0.126. The topological polar surface area (TPSA) is 25.8 Å². The van der Waals surface area contributed by atoms with E-state index in [0.717, 1.165) is 5.39 Å². The zero-order valence-corrected chi connectivity index (χ0v) is 9.66. The first-order valence-corrected chi connectivity index (χ1v) is 5.69. The van der Waals surface area contributed by atoms with E-state index in [1.54, 1.807) is 12.3 Å². The molecule has 2 nitrogen and oxygen atoms in total. The van der Waals surface area contributed by atoms with Crippen molar-refractivity contribution in [3.8, 4) is 0 Å². The van der Waals surface area contributed by atoms with Crippen LogP contribution in [0.1, 0.15) is 25.5 Å². The standard InChI is InChI=1S/C13H14F2N2/c1-2-13(14,15)8-7-11-6-5-10-4-3-9-16-12(10)17-11/h3-6,9H,2,7-8H2,1H3. The highest BCUT2D eigenvalue weighted by atomic mass is 19.3. The molecule has 2 rings (SSSR count). The molecule has 0 unspecified atom stereocenters. The van der Waals surface area contributed by atoms with E-state index in [9.17, 15) is 8.78 Å². The predicted molar refractivity (Wildman–Crippen MR) is 63.1 cm³/mol. The van der Waals surface area contributed by atoms with Crippen molar-refractivity contribution in [1.29, 1.82) is 0 Å². The van der Waals surface area contributed by atoms with E-state index in [1.165, 1.54) is 6.92 Å². The van der Waals surface area contributed by atoms with Gasteiger partial charge in [-0.15, -0.1) is 0 Å². The molecule has 0 N–H and O–H groups in total. The van der Waals surface area contributed by atoms with Gasteiger partial charge in [0.05, 0.1) is 0 Å². The lowest BCUT2D eigenvalue weighted by Crippen LogP contribution is -2.15. The fraction of sp³-hybridized carbons (Fsp3) is 0.385. The van der Waals surface area contributed by atoms with Gasteiger partial charge in [-0.05, 0) is 30.7 Å². The van der Waals surface area contributed by atoms with Gasteiger partial charge < -0.3 is 0 Å². The average molecular weight is 236 g/mol. The van der Waals surface area contributed by atoms with Gasteiger partial charge in [-0.3, -0.25) is 0 Å². The van der Waals surface area contributed by atoms with E-state index in [-0.39, 0.29) is 19.3 Å². The smallest absolute Gasteiger partial charge is 0.237 e. The number of fused-ring (bicyclic) bond motifs is 1. The monoisotopic (exact) mass is 236 g/mol. The number of nitrogens with zero attached hydrogens (tertiary/aromatic N) is 2. The Morgan fingerprint density at radius 2 is 2.06 bits per heavy atom. The molecule has 0 aliphatic rings. The number of hydrogen-bond donors (Lipinski definition) is 0. The van der Waals surface area contributed by atoms with Gasteiger partial charge in [0.15, 0.2) is 5.65 Å². The zero-order chi connectivity index (χ0) is 12.3. The molecule has 0 atom stereocenters. The SMILES string of the molecule is CCC(F)(F)CCc1ccc2cccnc2n1. The molecule has 90 valence electrons. The second-order valence-corrected chi connectivity index (χ2v) is 4.06. The molecule has 0 spiro atoms. The number of rotatable bonds is 4. The van der Waals surface area contributed by atoms with Crippen molar-refractivity contribution in [3.05, 3.63) is 36.2 Å². The van der Waals surface area contributed by atoms with Crippen molar-refractivity contribution in [2.45, 2.75) is 32.1 Å². The maximum absolute atomic E-state index is 13.1. The molecular weight excluding hydrogens is 222 g/mol. The second kappa shape index (κ2) is 4.73. The van der Waals surface area contributed by atoms with E-state index in [1.807, 2.05) is 18.2 Å². The van der Waals surface area contributed by atoms with E-state index in [2.05, 4.69) is 9.97 Å². The molecule has 0 saturated heterocycles. The van der Waals surface area contributed by atoms with Crippen molar-refractivity contribution in [1.82, 2.24) is 9.97 Å². The number of hydrogen-bond acceptors (Lipinski definition) is 2. The number of aryl methyl sites for hydroxylation is 1. The lowest BCUT2D eigenvalue weighted by Gasteiger charge is -2.13. The van der Waals surface area contributed by atoms with Gasteiger partial charge in [0.1, 0.15) is 0 Å². The molecule has 0 aliphatic carbocycles. The highest BCUT2D eigenvalue weighted by molar-refractivity contribution is 5.74. The number of alkyl halides is 2. The largest absolute Gasteiger partial charge is 0.248 e.